The second-order valence-corrected chi connectivity index (χ2v) is 2.81. The van der Waals surface area contributed by atoms with E-state index >= 15 is 0 Å². The monoisotopic (exact) mass is 215 g/mol. The number of carbonyl (C=O) groups is 1. The van der Waals surface area contributed by atoms with Gasteiger partial charge >= 0.3 is 6.09 Å². The van der Waals surface area contributed by atoms with Gasteiger partial charge in [-0.25, -0.2) is 4.79 Å². The van der Waals surface area contributed by atoms with Crippen LogP contribution in [0.2, 0.25) is 0 Å². The quantitative estimate of drug-likeness (QED) is 0.779. The van der Waals surface area contributed by atoms with E-state index in [1.54, 1.807) is 24.3 Å². The van der Waals surface area contributed by atoms with E-state index < -0.39 is 6.09 Å². The highest BCUT2D eigenvalue weighted by molar-refractivity contribution is 6.17. The summed E-state index contributed by atoms with van der Waals surface area (Å²) >= 11 is 5.44. The minimum absolute atomic E-state index is 0.385. The maximum Gasteiger partial charge on any atom is 0.409 e. The number of amides is 1. The number of halogens is 1. The molecule has 0 atom stereocenters. The van der Waals surface area contributed by atoms with Crippen LogP contribution in [-0.2, 0) is 0 Å². The van der Waals surface area contributed by atoms with Crippen molar-refractivity contribution in [2.45, 2.75) is 0 Å². The number of ether oxygens (including phenoxy) is 2. The van der Waals surface area contributed by atoms with Crippen molar-refractivity contribution in [2.75, 3.05) is 12.5 Å². The van der Waals surface area contributed by atoms with Gasteiger partial charge in [0.25, 0.3) is 0 Å². The fourth-order valence-electron chi connectivity index (χ4n) is 0.876. The maximum atomic E-state index is 10.4. The minimum Gasteiger partial charge on any atom is -0.492 e. The van der Waals surface area contributed by atoms with Crippen molar-refractivity contribution in [3.05, 3.63) is 24.3 Å². The lowest BCUT2D eigenvalue weighted by Gasteiger charge is -2.04. The number of nitrogens with two attached hydrogens (primary N) is 1. The molecule has 2 N–H and O–H groups in total. The van der Waals surface area contributed by atoms with Gasteiger partial charge in [0.05, 0.1) is 5.88 Å². The molecule has 14 heavy (non-hydrogen) atoms. The van der Waals surface area contributed by atoms with Crippen LogP contribution < -0.4 is 15.2 Å². The van der Waals surface area contributed by atoms with Crippen molar-refractivity contribution >= 4 is 17.7 Å². The molecule has 0 saturated carbocycles. The summed E-state index contributed by atoms with van der Waals surface area (Å²) in [6.45, 7) is 0.442. The molecule has 0 aliphatic heterocycles. The topological polar surface area (TPSA) is 61.6 Å². The van der Waals surface area contributed by atoms with Crippen LogP contribution in [0.3, 0.4) is 0 Å². The molecule has 0 radical (unpaired) electrons. The van der Waals surface area contributed by atoms with Crippen molar-refractivity contribution in [3.63, 3.8) is 0 Å². The number of alkyl halides is 1. The second kappa shape index (κ2) is 5.34. The van der Waals surface area contributed by atoms with Gasteiger partial charge in [-0.2, -0.15) is 0 Å². The molecule has 1 aromatic carbocycles. The minimum atomic E-state index is -0.834. The fraction of sp³-hybridized carbons (Fsp3) is 0.222. The van der Waals surface area contributed by atoms with Crippen LogP contribution in [0.15, 0.2) is 24.3 Å². The SMILES string of the molecule is NC(=O)Oc1ccc(OCCCl)cc1. The molecule has 0 spiro atoms. The Morgan fingerprint density at radius 3 is 2.36 bits per heavy atom. The van der Waals surface area contributed by atoms with Gasteiger partial charge < -0.3 is 15.2 Å². The molecule has 0 bridgehead atoms. The van der Waals surface area contributed by atoms with E-state index in [2.05, 4.69) is 4.74 Å². The Morgan fingerprint density at radius 1 is 1.29 bits per heavy atom. The van der Waals surface area contributed by atoms with Gasteiger partial charge in [0.2, 0.25) is 0 Å². The maximum absolute atomic E-state index is 10.4. The zero-order valence-electron chi connectivity index (χ0n) is 7.40. The van der Waals surface area contributed by atoms with Crippen LogP contribution in [0.1, 0.15) is 0 Å². The molecule has 1 aromatic rings. The molecule has 0 unspecified atom stereocenters. The molecule has 0 aliphatic rings. The molecular weight excluding hydrogens is 206 g/mol. The third-order valence-electron chi connectivity index (χ3n) is 1.39. The molecular formula is C9H10ClNO3. The number of benzene rings is 1. The number of hydrogen-bond acceptors (Lipinski definition) is 3. The van der Waals surface area contributed by atoms with E-state index in [1.807, 2.05) is 0 Å². The van der Waals surface area contributed by atoms with Crippen molar-refractivity contribution in [2.24, 2.45) is 5.73 Å². The highest BCUT2D eigenvalue weighted by Crippen LogP contribution is 2.17. The van der Waals surface area contributed by atoms with E-state index in [4.69, 9.17) is 22.1 Å². The average molecular weight is 216 g/mol. The van der Waals surface area contributed by atoms with Crippen LogP contribution in [0.5, 0.6) is 11.5 Å². The molecule has 4 nitrogen and oxygen atoms in total. The van der Waals surface area contributed by atoms with Gasteiger partial charge in [-0.3, -0.25) is 0 Å². The first-order chi connectivity index (χ1) is 6.72. The van der Waals surface area contributed by atoms with Crippen LogP contribution in [0.4, 0.5) is 4.79 Å². The summed E-state index contributed by atoms with van der Waals surface area (Å²) in [5.41, 5.74) is 4.83. The van der Waals surface area contributed by atoms with E-state index in [9.17, 15) is 4.79 Å². The van der Waals surface area contributed by atoms with Gasteiger partial charge in [0, 0.05) is 0 Å². The highest BCUT2D eigenvalue weighted by Gasteiger charge is 1.98. The first-order valence-corrected chi connectivity index (χ1v) is 4.52. The zero-order chi connectivity index (χ0) is 10.4. The molecule has 0 aromatic heterocycles. The molecule has 0 aliphatic carbocycles. The smallest absolute Gasteiger partial charge is 0.409 e. The average Bonchev–Trinajstić information content (AvgIpc) is 2.16. The summed E-state index contributed by atoms with van der Waals surface area (Å²) in [6.07, 6.45) is -0.834. The predicted molar refractivity (Wildman–Crippen MR) is 52.9 cm³/mol. The summed E-state index contributed by atoms with van der Waals surface area (Å²) in [5, 5.41) is 0. The van der Waals surface area contributed by atoms with Gasteiger partial charge in [0.1, 0.15) is 18.1 Å². The molecule has 0 heterocycles. The molecule has 76 valence electrons. The van der Waals surface area contributed by atoms with Crippen LogP contribution in [0, 0.1) is 0 Å². The van der Waals surface area contributed by atoms with E-state index in [0.717, 1.165) is 0 Å². The lowest BCUT2D eigenvalue weighted by atomic mass is 10.3. The second-order valence-electron chi connectivity index (χ2n) is 2.43. The first kappa shape index (κ1) is 10.7. The van der Waals surface area contributed by atoms with Crippen molar-refractivity contribution in [1.29, 1.82) is 0 Å². The van der Waals surface area contributed by atoms with Gasteiger partial charge in [-0.05, 0) is 24.3 Å². The molecule has 1 rings (SSSR count). The Labute approximate surface area is 86.6 Å². The van der Waals surface area contributed by atoms with Crippen LogP contribution >= 0.6 is 11.6 Å². The van der Waals surface area contributed by atoms with E-state index in [0.29, 0.717) is 24.0 Å². The van der Waals surface area contributed by atoms with Gasteiger partial charge in [0.15, 0.2) is 0 Å². The molecule has 0 fully saturated rings. The first-order valence-electron chi connectivity index (χ1n) is 3.98. The van der Waals surface area contributed by atoms with Gasteiger partial charge in [-0.1, -0.05) is 0 Å². The van der Waals surface area contributed by atoms with Crippen molar-refractivity contribution in [1.82, 2.24) is 0 Å². The van der Waals surface area contributed by atoms with Crippen molar-refractivity contribution < 1.29 is 14.3 Å². The summed E-state index contributed by atoms with van der Waals surface area (Å²) in [6, 6.07) is 6.53. The Kier molecular flexibility index (Phi) is 4.07. The van der Waals surface area contributed by atoms with Crippen LogP contribution in [-0.4, -0.2) is 18.6 Å². The largest absolute Gasteiger partial charge is 0.492 e. The lowest BCUT2D eigenvalue weighted by molar-refractivity contribution is 0.211. The Bertz CT molecular complexity index is 299. The van der Waals surface area contributed by atoms with Crippen molar-refractivity contribution in [3.8, 4) is 11.5 Å². The summed E-state index contributed by atoms with van der Waals surface area (Å²) < 4.78 is 9.84. The summed E-state index contributed by atoms with van der Waals surface area (Å²) in [4.78, 5) is 10.4. The Hall–Kier alpha value is -1.42. The Morgan fingerprint density at radius 2 is 1.86 bits per heavy atom. The van der Waals surface area contributed by atoms with Crippen LogP contribution in [0.25, 0.3) is 0 Å². The fourth-order valence-corrected chi connectivity index (χ4v) is 0.954. The molecule has 5 heteroatoms. The third kappa shape index (κ3) is 3.53. The standard InChI is InChI=1S/C9H10ClNO3/c10-5-6-13-7-1-3-8(4-2-7)14-9(11)12/h1-4H,5-6H2,(H2,11,12). The number of primary amides is 1. The predicted octanol–water partition coefficient (Wildman–Crippen LogP) is 1.76. The summed E-state index contributed by atoms with van der Waals surface area (Å²) in [7, 11) is 0. The third-order valence-corrected chi connectivity index (χ3v) is 1.54. The Balaban J connectivity index is 2.54. The van der Waals surface area contributed by atoms with E-state index in [-0.39, 0.29) is 0 Å². The van der Waals surface area contributed by atoms with Gasteiger partial charge in [-0.15, -0.1) is 11.6 Å². The summed E-state index contributed by atoms with van der Waals surface area (Å²) in [5.74, 6) is 1.48. The number of carbonyl (C=O) groups excluding carboxylic acids is 1. The normalized spacial score (nSPS) is 9.50. The number of hydrogen-bond donors (Lipinski definition) is 1. The molecule has 0 saturated heterocycles. The zero-order valence-corrected chi connectivity index (χ0v) is 8.16. The lowest BCUT2D eigenvalue weighted by Crippen LogP contribution is -2.16. The van der Waals surface area contributed by atoms with E-state index in [1.165, 1.54) is 0 Å². The highest BCUT2D eigenvalue weighted by atomic mass is 35.5. The molecule has 1 amide bonds. The number of rotatable bonds is 4.